The molecule has 0 unspecified atom stereocenters. The molecular weight excluding hydrogens is 881 g/mol. The number of fused-ring (bicyclic) bond motifs is 14. The minimum atomic E-state index is -0.429. The molecule has 2 aliphatic carbocycles. The molecule has 0 saturated heterocycles. The van der Waals surface area contributed by atoms with E-state index in [1.807, 2.05) is 0 Å². The third-order valence-electron chi connectivity index (χ3n) is 16.3. The molecule has 73 heavy (non-hydrogen) atoms. The van der Waals surface area contributed by atoms with Crippen molar-refractivity contribution in [2.45, 2.75) is 5.41 Å². The van der Waals surface area contributed by atoms with E-state index in [1.54, 1.807) is 0 Å². The molecule has 12 aromatic carbocycles. The van der Waals surface area contributed by atoms with Crippen LogP contribution < -0.4 is 4.90 Å². The first kappa shape index (κ1) is 40.3. The number of benzene rings is 12. The molecule has 2 heterocycles. The van der Waals surface area contributed by atoms with Crippen molar-refractivity contribution in [1.29, 1.82) is 0 Å². The fourth-order valence-electron chi connectivity index (χ4n) is 13.3. The molecule has 1 aromatic heterocycles. The zero-order valence-electron chi connectivity index (χ0n) is 39.8. The second-order valence-corrected chi connectivity index (χ2v) is 19.9. The van der Waals surface area contributed by atoms with Crippen LogP contribution in [-0.2, 0) is 5.41 Å². The van der Waals surface area contributed by atoms with Gasteiger partial charge in [-0.15, -0.1) is 0 Å². The van der Waals surface area contributed by atoms with Crippen molar-refractivity contribution in [1.82, 2.24) is 4.57 Å². The van der Waals surface area contributed by atoms with Crippen LogP contribution in [0.15, 0.2) is 267 Å². The molecule has 3 aliphatic rings. The van der Waals surface area contributed by atoms with Gasteiger partial charge in [0, 0.05) is 39.0 Å². The summed E-state index contributed by atoms with van der Waals surface area (Å²) in [7, 11) is 0. The van der Waals surface area contributed by atoms with Crippen LogP contribution in [0, 0.1) is 0 Å². The maximum absolute atomic E-state index is 2.58. The van der Waals surface area contributed by atoms with Crippen molar-refractivity contribution in [3.05, 3.63) is 289 Å². The van der Waals surface area contributed by atoms with E-state index < -0.39 is 5.41 Å². The van der Waals surface area contributed by atoms with Gasteiger partial charge < -0.3 is 9.47 Å². The molecule has 0 bridgehead atoms. The molecule has 0 radical (unpaired) electrons. The topological polar surface area (TPSA) is 8.17 Å². The third kappa shape index (κ3) is 5.58. The number of hydrogen-bond acceptors (Lipinski definition) is 1. The fourth-order valence-corrected chi connectivity index (χ4v) is 13.3. The minimum Gasteiger partial charge on any atom is -0.310 e. The second-order valence-electron chi connectivity index (χ2n) is 19.9. The van der Waals surface area contributed by atoms with Gasteiger partial charge in [0.15, 0.2) is 0 Å². The Bertz CT molecular complexity index is 4380. The normalized spacial score (nSPS) is 13.0. The molecule has 2 nitrogen and oxygen atoms in total. The first-order chi connectivity index (χ1) is 36.2. The number of aromatic nitrogens is 1. The molecule has 1 aliphatic heterocycles. The summed E-state index contributed by atoms with van der Waals surface area (Å²) in [4.78, 5) is 2.39. The number of nitrogens with zero attached hydrogens (tertiary/aromatic N) is 2. The highest BCUT2D eigenvalue weighted by molar-refractivity contribution is 6.20. The molecule has 1 spiro atoms. The van der Waals surface area contributed by atoms with Gasteiger partial charge in [0.1, 0.15) is 0 Å². The van der Waals surface area contributed by atoms with Crippen molar-refractivity contribution in [2.24, 2.45) is 0 Å². The van der Waals surface area contributed by atoms with Crippen LogP contribution >= 0.6 is 0 Å². The molecule has 0 N–H and O–H groups in total. The van der Waals surface area contributed by atoms with Crippen molar-refractivity contribution >= 4 is 49.6 Å². The highest BCUT2D eigenvalue weighted by Gasteiger charge is 2.53. The van der Waals surface area contributed by atoms with Gasteiger partial charge in [-0.3, -0.25) is 0 Å². The summed E-state index contributed by atoms with van der Waals surface area (Å²) in [6.45, 7) is 0. The first-order valence-electron chi connectivity index (χ1n) is 25.4. The predicted octanol–water partition coefficient (Wildman–Crippen LogP) is 18.7. The fraction of sp³-hybridized carbons (Fsp3) is 0.0141. The Morgan fingerprint density at radius 1 is 0.288 bits per heavy atom. The molecule has 16 rings (SSSR count). The van der Waals surface area contributed by atoms with E-state index in [-0.39, 0.29) is 0 Å². The van der Waals surface area contributed by atoms with Gasteiger partial charge in [-0.1, -0.05) is 206 Å². The number of rotatable bonds is 6. The Balaban J connectivity index is 0.857. The molecule has 0 saturated carbocycles. The van der Waals surface area contributed by atoms with E-state index in [9.17, 15) is 0 Å². The lowest BCUT2D eigenvalue weighted by Gasteiger charge is -2.31. The summed E-state index contributed by atoms with van der Waals surface area (Å²) in [5, 5.41) is 4.97. The summed E-state index contributed by atoms with van der Waals surface area (Å²) >= 11 is 0. The molecule has 0 amide bonds. The molecule has 338 valence electrons. The van der Waals surface area contributed by atoms with Crippen LogP contribution in [0.4, 0.5) is 17.1 Å². The first-order valence-corrected chi connectivity index (χ1v) is 25.4. The van der Waals surface area contributed by atoms with Crippen LogP contribution in [0.2, 0.25) is 0 Å². The molecule has 2 heteroatoms. The highest BCUT2D eigenvalue weighted by Crippen LogP contribution is 2.66. The molecule has 0 fully saturated rings. The van der Waals surface area contributed by atoms with E-state index in [4.69, 9.17) is 0 Å². The van der Waals surface area contributed by atoms with Gasteiger partial charge in [-0.2, -0.15) is 0 Å². The van der Waals surface area contributed by atoms with Gasteiger partial charge in [0.25, 0.3) is 0 Å². The van der Waals surface area contributed by atoms with Gasteiger partial charge in [0.2, 0.25) is 0 Å². The van der Waals surface area contributed by atoms with Crippen LogP contribution in [-0.4, -0.2) is 4.57 Å². The highest BCUT2D eigenvalue weighted by atomic mass is 15.1. The largest absolute Gasteiger partial charge is 0.310 e. The van der Waals surface area contributed by atoms with Gasteiger partial charge >= 0.3 is 0 Å². The maximum Gasteiger partial charge on any atom is 0.0726 e. The lowest BCUT2D eigenvalue weighted by Crippen LogP contribution is -2.25. The van der Waals surface area contributed by atoms with Crippen LogP contribution in [0.3, 0.4) is 0 Å². The van der Waals surface area contributed by atoms with Gasteiger partial charge in [0.05, 0.1) is 22.1 Å². The van der Waals surface area contributed by atoms with Gasteiger partial charge in [-0.25, -0.2) is 0 Å². The molecule has 0 atom stereocenters. The van der Waals surface area contributed by atoms with Crippen molar-refractivity contribution < 1.29 is 0 Å². The van der Waals surface area contributed by atoms with Crippen LogP contribution in [0.1, 0.15) is 22.3 Å². The summed E-state index contributed by atoms with van der Waals surface area (Å²) in [5.74, 6) is 0. The maximum atomic E-state index is 2.58. The summed E-state index contributed by atoms with van der Waals surface area (Å²) in [6, 6.07) is 99.4. The van der Waals surface area contributed by atoms with Crippen LogP contribution in [0.25, 0.3) is 105 Å². The van der Waals surface area contributed by atoms with Crippen molar-refractivity contribution in [3.8, 4) is 72.4 Å². The Morgan fingerprint density at radius 2 is 0.863 bits per heavy atom. The average Bonchev–Trinajstić information content (AvgIpc) is 4.05. The van der Waals surface area contributed by atoms with E-state index in [2.05, 4.69) is 276 Å². The second kappa shape index (κ2) is 15.3. The van der Waals surface area contributed by atoms with E-state index in [1.165, 1.54) is 127 Å². The average molecular weight is 925 g/mol. The predicted molar refractivity (Wildman–Crippen MR) is 305 cm³/mol. The monoisotopic (exact) mass is 924 g/mol. The van der Waals surface area contributed by atoms with Crippen molar-refractivity contribution in [3.63, 3.8) is 0 Å². The zero-order chi connectivity index (χ0) is 47.8. The van der Waals surface area contributed by atoms with Crippen LogP contribution in [0.5, 0.6) is 0 Å². The third-order valence-corrected chi connectivity index (χ3v) is 16.3. The lowest BCUT2D eigenvalue weighted by atomic mass is 9.70. The summed E-state index contributed by atoms with van der Waals surface area (Å²) in [6.07, 6.45) is 0. The molecule has 13 aromatic rings. The zero-order valence-corrected chi connectivity index (χ0v) is 39.8. The Morgan fingerprint density at radius 3 is 1.64 bits per heavy atom. The quantitative estimate of drug-likeness (QED) is 0.161. The summed E-state index contributed by atoms with van der Waals surface area (Å²) < 4.78 is 2.58. The smallest absolute Gasteiger partial charge is 0.0726 e. The van der Waals surface area contributed by atoms with E-state index in [0.29, 0.717) is 0 Å². The minimum absolute atomic E-state index is 0.429. The lowest BCUT2D eigenvalue weighted by molar-refractivity contribution is 0.794. The van der Waals surface area contributed by atoms with E-state index in [0.717, 1.165) is 17.1 Å². The number of anilines is 3. The molecular formula is C71H44N2. The summed E-state index contributed by atoms with van der Waals surface area (Å²) in [5.41, 5.74) is 27.2. The SMILES string of the molecule is c1ccc(-c2ccc(N(c3ccccc3)c3ccc4cc(-c5ccc6c(c5)-c5cccc7c5-c5c(ccc8c9ccccc9n-6c58)C75c6ccccc6-c6ccccc65)ccc4c3)cc2-c2ccccc2)cc1. The standard InChI is InChI=1S/C71H44N2/c1-4-17-45(18-5-1)54-37-36-53(44-60(54)46-19-6-2-7-20-46)72(51-21-8-3-9-22-51)52-35-33-48-41-47(31-32-49(48)42-52)50-34-40-67-61(43-50)58-26-16-29-64-68(58)69-65(39-38-59-57-25-12-15-30-66(57)73(67)70(59)69)71(64)62-27-13-10-23-55(62)56-24-11-14-28-63(56)71/h1-44H. The Hall–Kier alpha value is -9.50. The number of para-hydroxylation sites is 2. The van der Waals surface area contributed by atoms with Crippen molar-refractivity contribution in [2.75, 3.05) is 4.90 Å². The Kier molecular flexibility index (Phi) is 8.41. The van der Waals surface area contributed by atoms with E-state index >= 15 is 0 Å². The van der Waals surface area contributed by atoms with Gasteiger partial charge in [-0.05, 0) is 149 Å². The number of hydrogen-bond donors (Lipinski definition) is 0. The Labute approximate surface area is 424 Å².